The van der Waals surface area contributed by atoms with E-state index in [1.165, 1.54) is 0 Å². The Hall–Kier alpha value is -0.660. The first-order valence-corrected chi connectivity index (χ1v) is 8.41. The largest absolute Gasteiger partial charge is 0.381 e. The van der Waals surface area contributed by atoms with E-state index in [9.17, 15) is 4.79 Å². The molecule has 0 saturated carbocycles. The fraction of sp³-hybridized carbons (Fsp3) is 0.562. The van der Waals surface area contributed by atoms with Crippen LogP contribution in [0.5, 0.6) is 0 Å². The Morgan fingerprint density at radius 2 is 1.87 bits per heavy atom. The van der Waals surface area contributed by atoms with Crippen LogP contribution in [0.15, 0.2) is 28.7 Å². The number of benzene rings is 1. The van der Waals surface area contributed by atoms with Gasteiger partial charge >= 0.3 is 0 Å². The standard InChI is InChI=1S/C16H21BrN2O3.ClH/c17-13-3-1-12(2-4-13)14-11-19(7-10-22-14)15(20)16(18)5-8-21-9-6-16;/h1-4,14H,5-11,18H2;1H. The lowest BCUT2D eigenvalue weighted by molar-refractivity contribution is -0.148. The van der Waals surface area contributed by atoms with Crippen LogP contribution >= 0.6 is 28.3 Å². The number of morpholine rings is 1. The van der Waals surface area contributed by atoms with Crippen molar-refractivity contribution in [2.24, 2.45) is 5.73 Å². The van der Waals surface area contributed by atoms with Gasteiger partial charge in [-0.3, -0.25) is 4.79 Å². The molecule has 1 unspecified atom stereocenters. The zero-order chi connectivity index (χ0) is 15.6. The van der Waals surface area contributed by atoms with Crippen molar-refractivity contribution in [3.05, 3.63) is 34.3 Å². The molecule has 0 radical (unpaired) electrons. The highest BCUT2D eigenvalue weighted by Crippen LogP contribution is 2.27. The fourth-order valence-electron chi connectivity index (χ4n) is 2.98. The van der Waals surface area contributed by atoms with Crippen molar-refractivity contribution >= 4 is 34.2 Å². The molecular formula is C16H22BrClN2O3. The number of ether oxygens (including phenoxy) is 2. The second kappa shape index (κ2) is 7.94. The van der Waals surface area contributed by atoms with Crippen molar-refractivity contribution in [1.82, 2.24) is 4.90 Å². The Labute approximate surface area is 151 Å². The zero-order valence-corrected chi connectivity index (χ0v) is 15.3. The van der Waals surface area contributed by atoms with Crippen molar-refractivity contribution in [1.29, 1.82) is 0 Å². The van der Waals surface area contributed by atoms with Gasteiger partial charge in [-0.25, -0.2) is 0 Å². The summed E-state index contributed by atoms with van der Waals surface area (Å²) < 4.78 is 12.2. The second-order valence-corrected chi connectivity index (χ2v) is 6.85. The molecule has 2 N–H and O–H groups in total. The lowest BCUT2D eigenvalue weighted by Crippen LogP contribution is -2.60. The summed E-state index contributed by atoms with van der Waals surface area (Å²) in [6, 6.07) is 8.02. The molecule has 2 aliphatic rings. The number of nitrogens with zero attached hydrogens (tertiary/aromatic N) is 1. The number of amides is 1. The molecule has 128 valence electrons. The maximum atomic E-state index is 12.8. The maximum Gasteiger partial charge on any atom is 0.243 e. The molecule has 1 amide bonds. The van der Waals surface area contributed by atoms with Crippen LogP contribution in [0.1, 0.15) is 24.5 Å². The van der Waals surface area contributed by atoms with Gasteiger partial charge in [0.1, 0.15) is 6.10 Å². The highest BCUT2D eigenvalue weighted by atomic mass is 79.9. The third kappa shape index (κ3) is 4.25. The molecule has 7 heteroatoms. The van der Waals surface area contributed by atoms with Crippen LogP contribution in [0.2, 0.25) is 0 Å². The third-order valence-electron chi connectivity index (χ3n) is 4.41. The third-order valence-corrected chi connectivity index (χ3v) is 4.94. The topological polar surface area (TPSA) is 64.8 Å². The average Bonchev–Trinajstić information content (AvgIpc) is 2.56. The maximum absolute atomic E-state index is 12.8. The van der Waals surface area contributed by atoms with E-state index in [2.05, 4.69) is 15.9 Å². The van der Waals surface area contributed by atoms with Gasteiger partial charge in [-0.05, 0) is 30.5 Å². The van der Waals surface area contributed by atoms with Crippen molar-refractivity contribution in [2.75, 3.05) is 32.9 Å². The number of carbonyl (C=O) groups excluding carboxylic acids is 1. The molecule has 2 fully saturated rings. The smallest absolute Gasteiger partial charge is 0.243 e. The van der Waals surface area contributed by atoms with Gasteiger partial charge in [-0.15, -0.1) is 12.4 Å². The van der Waals surface area contributed by atoms with E-state index in [0.717, 1.165) is 10.0 Å². The van der Waals surface area contributed by atoms with Crippen LogP contribution in [-0.2, 0) is 14.3 Å². The van der Waals surface area contributed by atoms with Crippen LogP contribution in [0.3, 0.4) is 0 Å². The summed E-state index contributed by atoms with van der Waals surface area (Å²) in [5.74, 6) is 0.0289. The van der Waals surface area contributed by atoms with E-state index in [1.54, 1.807) is 0 Å². The molecule has 1 aromatic rings. The van der Waals surface area contributed by atoms with Crippen molar-refractivity contribution in [3.63, 3.8) is 0 Å². The minimum Gasteiger partial charge on any atom is -0.381 e. The summed E-state index contributed by atoms with van der Waals surface area (Å²) in [6.07, 6.45) is 1.09. The molecule has 2 heterocycles. The SMILES string of the molecule is Cl.NC1(C(=O)N2CCOC(c3ccc(Br)cc3)C2)CCOCC1. The number of hydrogen-bond acceptors (Lipinski definition) is 4. The number of carbonyl (C=O) groups is 1. The number of halogens is 2. The van der Waals surface area contributed by atoms with E-state index in [4.69, 9.17) is 15.2 Å². The van der Waals surface area contributed by atoms with Crippen LogP contribution in [0.25, 0.3) is 0 Å². The van der Waals surface area contributed by atoms with E-state index in [1.807, 2.05) is 29.2 Å². The summed E-state index contributed by atoms with van der Waals surface area (Å²) >= 11 is 3.43. The molecule has 0 bridgehead atoms. The number of rotatable bonds is 2. The van der Waals surface area contributed by atoms with Gasteiger partial charge in [0, 0.05) is 24.2 Å². The quantitative estimate of drug-likeness (QED) is 0.820. The zero-order valence-electron chi connectivity index (χ0n) is 12.9. The molecule has 0 aliphatic carbocycles. The summed E-state index contributed by atoms with van der Waals surface area (Å²) in [5, 5.41) is 0. The number of hydrogen-bond donors (Lipinski definition) is 1. The Balaban J connectivity index is 0.00000192. The lowest BCUT2D eigenvalue weighted by atomic mass is 9.89. The van der Waals surface area contributed by atoms with Crippen molar-refractivity contribution in [2.45, 2.75) is 24.5 Å². The van der Waals surface area contributed by atoms with Gasteiger partial charge in [0.2, 0.25) is 5.91 Å². The van der Waals surface area contributed by atoms with Gasteiger partial charge in [0.25, 0.3) is 0 Å². The van der Waals surface area contributed by atoms with Crippen LogP contribution in [-0.4, -0.2) is 49.3 Å². The van der Waals surface area contributed by atoms with Crippen molar-refractivity contribution < 1.29 is 14.3 Å². The predicted octanol–water partition coefficient (Wildman–Crippen LogP) is 2.28. The second-order valence-electron chi connectivity index (χ2n) is 5.93. The Kier molecular flexibility index (Phi) is 6.45. The number of nitrogens with two attached hydrogens (primary N) is 1. The van der Waals surface area contributed by atoms with Gasteiger partial charge in [-0.2, -0.15) is 0 Å². The van der Waals surface area contributed by atoms with E-state index >= 15 is 0 Å². The van der Waals surface area contributed by atoms with Gasteiger partial charge in [-0.1, -0.05) is 28.1 Å². The first-order valence-electron chi connectivity index (χ1n) is 7.61. The van der Waals surface area contributed by atoms with E-state index in [-0.39, 0.29) is 24.4 Å². The van der Waals surface area contributed by atoms with E-state index in [0.29, 0.717) is 45.8 Å². The van der Waals surface area contributed by atoms with Crippen LogP contribution < -0.4 is 5.73 Å². The van der Waals surface area contributed by atoms with Gasteiger partial charge in [0.05, 0.1) is 18.7 Å². The average molecular weight is 406 g/mol. The molecule has 2 aliphatic heterocycles. The minimum atomic E-state index is -0.778. The fourth-order valence-corrected chi connectivity index (χ4v) is 3.24. The normalized spacial score (nSPS) is 23.9. The van der Waals surface area contributed by atoms with Gasteiger partial charge < -0.3 is 20.1 Å². The molecule has 1 atom stereocenters. The monoisotopic (exact) mass is 404 g/mol. The first kappa shape index (κ1) is 18.7. The molecule has 5 nitrogen and oxygen atoms in total. The molecule has 0 spiro atoms. The molecule has 1 aromatic carbocycles. The summed E-state index contributed by atoms with van der Waals surface area (Å²) in [6.45, 7) is 2.82. The van der Waals surface area contributed by atoms with Crippen LogP contribution in [0.4, 0.5) is 0 Å². The highest BCUT2D eigenvalue weighted by molar-refractivity contribution is 9.10. The summed E-state index contributed by atoms with van der Waals surface area (Å²) in [7, 11) is 0. The van der Waals surface area contributed by atoms with Gasteiger partial charge in [0.15, 0.2) is 0 Å². The molecule has 0 aromatic heterocycles. The Bertz CT molecular complexity index is 535. The minimum absolute atomic E-state index is 0. The Morgan fingerprint density at radius 1 is 1.22 bits per heavy atom. The molecular weight excluding hydrogens is 384 g/mol. The first-order chi connectivity index (χ1) is 10.6. The molecule has 23 heavy (non-hydrogen) atoms. The lowest BCUT2D eigenvalue weighted by Gasteiger charge is -2.40. The summed E-state index contributed by atoms with van der Waals surface area (Å²) in [4.78, 5) is 14.6. The summed E-state index contributed by atoms with van der Waals surface area (Å²) in [5.41, 5.74) is 6.62. The highest BCUT2D eigenvalue weighted by Gasteiger charge is 2.40. The van der Waals surface area contributed by atoms with Crippen LogP contribution in [0, 0.1) is 0 Å². The molecule has 2 saturated heterocycles. The molecule has 3 rings (SSSR count). The van der Waals surface area contributed by atoms with Crippen molar-refractivity contribution in [3.8, 4) is 0 Å². The van der Waals surface area contributed by atoms with E-state index < -0.39 is 5.54 Å². The predicted molar refractivity (Wildman–Crippen MR) is 93.6 cm³/mol. The Morgan fingerprint density at radius 3 is 2.52 bits per heavy atom.